The van der Waals surface area contributed by atoms with Gasteiger partial charge in [-0.25, -0.2) is 0 Å². The van der Waals surface area contributed by atoms with Crippen LogP contribution in [0.15, 0.2) is 11.8 Å². The Balaban J connectivity index is 1.95. The number of carbonyl (C=O) groups excluding carboxylic acids is 1. The van der Waals surface area contributed by atoms with Crippen molar-refractivity contribution in [2.45, 2.75) is 50.7 Å². The van der Waals surface area contributed by atoms with Crippen LogP contribution in [0.3, 0.4) is 0 Å². The fourth-order valence-corrected chi connectivity index (χ4v) is 2.88. The van der Waals surface area contributed by atoms with E-state index >= 15 is 0 Å². The maximum Gasteiger partial charge on any atom is 0.219 e. The molecule has 1 unspecified atom stereocenters. The molecule has 0 aromatic rings. The lowest BCUT2D eigenvalue weighted by molar-refractivity contribution is -0.246. The molecule has 6 nitrogen and oxygen atoms in total. The summed E-state index contributed by atoms with van der Waals surface area (Å²) in [6.45, 7) is 5.93. The Kier molecular flexibility index (Phi) is 2.76. The summed E-state index contributed by atoms with van der Waals surface area (Å²) in [7, 11) is 1.52. The Morgan fingerprint density at radius 3 is 2.63 bits per heavy atom. The second kappa shape index (κ2) is 4.02. The summed E-state index contributed by atoms with van der Waals surface area (Å²) in [5.74, 6) is -0.432. The van der Waals surface area contributed by atoms with Crippen LogP contribution >= 0.6 is 0 Å². The molecule has 3 rings (SSSR count). The lowest BCUT2D eigenvalue weighted by Gasteiger charge is -2.38. The van der Waals surface area contributed by atoms with Crippen LogP contribution in [0.1, 0.15) is 20.8 Å². The Bertz CT molecular complexity index is 442. The smallest absolute Gasteiger partial charge is 0.219 e. The zero-order chi connectivity index (χ0) is 13.8. The number of ketones is 1. The van der Waals surface area contributed by atoms with E-state index in [-0.39, 0.29) is 5.78 Å². The molecule has 19 heavy (non-hydrogen) atoms. The van der Waals surface area contributed by atoms with E-state index in [9.17, 15) is 4.79 Å². The van der Waals surface area contributed by atoms with Gasteiger partial charge in [-0.3, -0.25) is 4.79 Å². The minimum Gasteiger partial charge on any atom is -0.494 e. The molecule has 0 amide bonds. The van der Waals surface area contributed by atoms with Gasteiger partial charge >= 0.3 is 0 Å². The lowest BCUT2D eigenvalue weighted by atomic mass is 9.80. The van der Waals surface area contributed by atoms with Gasteiger partial charge in [0.05, 0.1) is 6.61 Å². The summed E-state index contributed by atoms with van der Waals surface area (Å²) >= 11 is 0. The fraction of sp³-hybridized carbons (Fsp3) is 0.769. The van der Waals surface area contributed by atoms with Crippen molar-refractivity contribution in [3.63, 3.8) is 0 Å². The van der Waals surface area contributed by atoms with Gasteiger partial charge in [0.25, 0.3) is 0 Å². The van der Waals surface area contributed by atoms with Gasteiger partial charge in [-0.2, -0.15) is 0 Å². The molecule has 1 spiro atoms. The first-order valence-electron chi connectivity index (χ1n) is 6.40. The van der Waals surface area contributed by atoms with Crippen molar-refractivity contribution < 1.29 is 28.5 Å². The van der Waals surface area contributed by atoms with Crippen LogP contribution < -0.4 is 0 Å². The van der Waals surface area contributed by atoms with Crippen molar-refractivity contribution in [1.82, 2.24) is 0 Å². The van der Waals surface area contributed by atoms with Crippen molar-refractivity contribution in [3.05, 3.63) is 11.8 Å². The Morgan fingerprint density at radius 2 is 2.05 bits per heavy atom. The third-order valence-electron chi connectivity index (χ3n) is 3.63. The van der Waals surface area contributed by atoms with E-state index < -0.39 is 29.9 Å². The van der Waals surface area contributed by atoms with E-state index in [0.29, 0.717) is 12.4 Å². The zero-order valence-corrected chi connectivity index (χ0v) is 11.5. The van der Waals surface area contributed by atoms with E-state index in [0.717, 1.165) is 0 Å². The average Bonchev–Trinajstić information content (AvgIpc) is 2.81. The molecule has 0 N–H and O–H groups in total. The molecule has 1 aliphatic carbocycles. The van der Waals surface area contributed by atoms with Crippen molar-refractivity contribution >= 4 is 5.78 Å². The predicted molar refractivity (Wildman–Crippen MR) is 63.2 cm³/mol. The summed E-state index contributed by atoms with van der Waals surface area (Å²) < 4.78 is 28.1. The Labute approximate surface area is 111 Å². The molecule has 2 saturated heterocycles. The first-order chi connectivity index (χ1) is 8.94. The van der Waals surface area contributed by atoms with Crippen molar-refractivity contribution in [2.75, 3.05) is 13.7 Å². The topological polar surface area (TPSA) is 63.2 Å². The van der Waals surface area contributed by atoms with Gasteiger partial charge in [-0.15, -0.1) is 0 Å². The molecular weight excluding hydrogens is 252 g/mol. The maximum atomic E-state index is 12.1. The molecular formula is C13H18O6. The van der Waals surface area contributed by atoms with Crippen LogP contribution in [0.4, 0.5) is 0 Å². The average molecular weight is 270 g/mol. The standard InChI is InChI=1S/C13H18O6/c1-5-16-8-6-7(14)13(8)10-9(11(15-4)19-13)17-12(2,3)18-10/h6,9-11H,5H2,1-4H3/t9?,10-,11-,13-/m1/s1. The molecule has 0 aromatic carbocycles. The Hall–Kier alpha value is -0.950. The number of fused-ring (bicyclic) bond motifs is 2. The summed E-state index contributed by atoms with van der Waals surface area (Å²) in [5.41, 5.74) is -1.20. The molecule has 3 aliphatic rings. The SMILES string of the molecule is CCOC1=CC(=O)[C@@]12O[C@@H](OC)C1OC(C)(C)O[C@H]12. The minimum absolute atomic E-state index is 0.160. The lowest BCUT2D eigenvalue weighted by Crippen LogP contribution is -2.57. The van der Waals surface area contributed by atoms with E-state index in [1.54, 1.807) is 13.8 Å². The van der Waals surface area contributed by atoms with Crippen LogP contribution in [-0.4, -0.2) is 49.4 Å². The van der Waals surface area contributed by atoms with Gasteiger partial charge in [-0.05, 0) is 20.8 Å². The van der Waals surface area contributed by atoms with Gasteiger partial charge in [0.1, 0.15) is 18.0 Å². The number of hydrogen-bond donors (Lipinski definition) is 0. The maximum absolute atomic E-state index is 12.1. The van der Waals surface area contributed by atoms with Gasteiger partial charge in [0.15, 0.2) is 12.1 Å². The van der Waals surface area contributed by atoms with E-state index in [4.69, 9.17) is 23.7 Å². The third-order valence-corrected chi connectivity index (χ3v) is 3.63. The quantitative estimate of drug-likeness (QED) is 0.754. The second-order valence-corrected chi connectivity index (χ2v) is 5.28. The molecule has 2 heterocycles. The highest BCUT2D eigenvalue weighted by atomic mass is 16.8. The van der Waals surface area contributed by atoms with Gasteiger partial charge in [0, 0.05) is 13.2 Å². The highest BCUT2D eigenvalue weighted by Gasteiger charge is 2.71. The zero-order valence-electron chi connectivity index (χ0n) is 11.5. The highest BCUT2D eigenvalue weighted by molar-refractivity contribution is 6.08. The molecule has 2 fully saturated rings. The van der Waals surface area contributed by atoms with E-state index in [1.165, 1.54) is 13.2 Å². The van der Waals surface area contributed by atoms with Gasteiger partial charge in [0.2, 0.25) is 11.4 Å². The van der Waals surface area contributed by atoms with Crippen molar-refractivity contribution in [1.29, 1.82) is 0 Å². The monoisotopic (exact) mass is 270 g/mol. The van der Waals surface area contributed by atoms with Crippen molar-refractivity contribution in [2.24, 2.45) is 0 Å². The summed E-state index contributed by atoms with van der Waals surface area (Å²) in [6.07, 6.45) is -0.174. The number of ether oxygens (including phenoxy) is 5. The normalized spacial score (nSPS) is 43.1. The van der Waals surface area contributed by atoms with Crippen molar-refractivity contribution in [3.8, 4) is 0 Å². The Morgan fingerprint density at radius 1 is 1.32 bits per heavy atom. The molecule has 106 valence electrons. The number of carbonyl (C=O) groups is 1. The molecule has 6 heteroatoms. The number of rotatable bonds is 3. The van der Waals surface area contributed by atoms with Crippen LogP contribution in [0.25, 0.3) is 0 Å². The molecule has 0 aromatic heterocycles. The third kappa shape index (κ3) is 1.61. The molecule has 2 aliphatic heterocycles. The van der Waals surface area contributed by atoms with E-state index in [2.05, 4.69) is 0 Å². The first kappa shape index (κ1) is 13.1. The van der Waals surface area contributed by atoms with Crippen LogP contribution in [-0.2, 0) is 28.5 Å². The van der Waals surface area contributed by atoms with E-state index in [1.807, 2.05) is 6.92 Å². The molecule has 0 radical (unpaired) electrons. The fourth-order valence-electron chi connectivity index (χ4n) is 2.88. The van der Waals surface area contributed by atoms with Crippen LogP contribution in [0.5, 0.6) is 0 Å². The van der Waals surface area contributed by atoms with Crippen LogP contribution in [0, 0.1) is 0 Å². The summed E-state index contributed by atoms with van der Waals surface area (Å²) in [4.78, 5) is 12.1. The molecule has 0 bridgehead atoms. The minimum atomic E-state index is -1.20. The largest absolute Gasteiger partial charge is 0.494 e. The van der Waals surface area contributed by atoms with Gasteiger partial charge in [-0.1, -0.05) is 0 Å². The highest BCUT2D eigenvalue weighted by Crippen LogP contribution is 2.51. The first-order valence-corrected chi connectivity index (χ1v) is 6.40. The summed E-state index contributed by atoms with van der Waals surface area (Å²) in [5, 5.41) is 0. The number of methoxy groups -OCH3 is 1. The number of hydrogen-bond acceptors (Lipinski definition) is 6. The van der Waals surface area contributed by atoms with Crippen LogP contribution in [0.2, 0.25) is 0 Å². The summed E-state index contributed by atoms with van der Waals surface area (Å²) in [6, 6.07) is 0. The van der Waals surface area contributed by atoms with Gasteiger partial charge < -0.3 is 23.7 Å². The predicted octanol–water partition coefficient (Wildman–Crippen LogP) is 0.751. The second-order valence-electron chi connectivity index (χ2n) is 5.28. The molecule has 4 atom stereocenters. The molecule has 0 saturated carbocycles.